The molecule has 1 saturated carbocycles. The summed E-state index contributed by atoms with van der Waals surface area (Å²) in [5.41, 5.74) is 0.690. The number of benzene rings is 1. The first-order chi connectivity index (χ1) is 8.50. The maximum atomic E-state index is 11.2. The maximum absolute atomic E-state index is 11.2. The smallest absolute Gasteiger partial charge is 0.310 e. The Balaban J connectivity index is 2.40. The monoisotopic (exact) mass is 268 g/mol. The van der Waals surface area contributed by atoms with E-state index in [0.29, 0.717) is 17.6 Å². The van der Waals surface area contributed by atoms with Gasteiger partial charge in [0, 0.05) is 12.6 Å². The molecule has 2 rings (SSSR count). The van der Waals surface area contributed by atoms with Crippen LogP contribution in [0.1, 0.15) is 26.7 Å². The van der Waals surface area contributed by atoms with Crippen LogP contribution in [-0.4, -0.2) is 17.5 Å². The average Bonchev–Trinajstić information content (AvgIpc) is 3.08. The van der Waals surface area contributed by atoms with Gasteiger partial charge in [-0.05, 0) is 30.9 Å². The molecular weight excluding hydrogens is 252 g/mol. The molecule has 1 aromatic rings. The van der Waals surface area contributed by atoms with Gasteiger partial charge in [-0.2, -0.15) is 0 Å². The third-order valence-corrected chi connectivity index (χ3v) is 3.31. The second kappa shape index (κ2) is 5.14. The topological polar surface area (TPSA) is 46.4 Å². The van der Waals surface area contributed by atoms with Crippen molar-refractivity contribution in [3.8, 4) is 0 Å². The molecule has 0 amide bonds. The highest BCUT2D eigenvalue weighted by molar-refractivity contribution is 6.33. The molecule has 0 atom stereocenters. The molecule has 0 aromatic heterocycles. The molecular formula is C13H17ClN2O2. The molecule has 0 bridgehead atoms. The molecule has 0 aliphatic heterocycles. The predicted octanol–water partition coefficient (Wildman–Crippen LogP) is 3.87. The van der Waals surface area contributed by atoms with Crippen LogP contribution >= 0.6 is 11.6 Å². The Morgan fingerprint density at radius 2 is 2.17 bits per heavy atom. The van der Waals surface area contributed by atoms with Crippen molar-refractivity contribution in [2.45, 2.75) is 32.7 Å². The first kappa shape index (κ1) is 13.1. The molecule has 0 saturated heterocycles. The second-order valence-corrected chi connectivity index (χ2v) is 5.55. The standard InChI is InChI=1S/C13H17ClN2O2/c1-9(2)8-15(10-6-7-10)12-5-3-4-11(14)13(12)16(17)18/h3-5,9-10H,6-8H2,1-2H3. The Morgan fingerprint density at radius 3 is 2.67 bits per heavy atom. The molecule has 0 spiro atoms. The Labute approximate surface area is 112 Å². The molecule has 1 aromatic carbocycles. The van der Waals surface area contributed by atoms with Gasteiger partial charge in [0.15, 0.2) is 0 Å². The van der Waals surface area contributed by atoms with Gasteiger partial charge in [-0.3, -0.25) is 10.1 Å². The zero-order valence-corrected chi connectivity index (χ0v) is 11.4. The number of nitrogens with zero attached hydrogens (tertiary/aromatic N) is 2. The fourth-order valence-corrected chi connectivity index (χ4v) is 2.38. The van der Waals surface area contributed by atoms with Gasteiger partial charge in [-0.25, -0.2) is 0 Å². The first-order valence-corrected chi connectivity index (χ1v) is 6.58. The Hall–Kier alpha value is -1.29. The highest BCUT2D eigenvalue weighted by Crippen LogP contribution is 2.40. The first-order valence-electron chi connectivity index (χ1n) is 6.20. The second-order valence-electron chi connectivity index (χ2n) is 5.14. The molecule has 0 radical (unpaired) electrons. The summed E-state index contributed by atoms with van der Waals surface area (Å²) in [6.07, 6.45) is 2.22. The zero-order chi connectivity index (χ0) is 13.3. The molecule has 1 fully saturated rings. The van der Waals surface area contributed by atoms with E-state index in [2.05, 4.69) is 18.7 Å². The van der Waals surface area contributed by atoms with Crippen molar-refractivity contribution in [1.29, 1.82) is 0 Å². The van der Waals surface area contributed by atoms with Crippen LogP contribution in [-0.2, 0) is 0 Å². The number of hydrogen-bond donors (Lipinski definition) is 0. The number of halogens is 1. The summed E-state index contributed by atoms with van der Waals surface area (Å²) in [4.78, 5) is 12.9. The van der Waals surface area contributed by atoms with Crippen LogP contribution in [0.3, 0.4) is 0 Å². The number of rotatable bonds is 5. The van der Waals surface area contributed by atoms with E-state index in [1.807, 2.05) is 0 Å². The number of nitro benzene ring substituents is 1. The van der Waals surface area contributed by atoms with E-state index < -0.39 is 0 Å². The van der Waals surface area contributed by atoms with E-state index >= 15 is 0 Å². The highest BCUT2D eigenvalue weighted by Gasteiger charge is 2.34. The SMILES string of the molecule is CC(C)CN(c1cccc(Cl)c1[N+](=O)[O-])C1CC1. The van der Waals surface area contributed by atoms with E-state index in [1.54, 1.807) is 18.2 Å². The molecule has 18 heavy (non-hydrogen) atoms. The molecule has 5 heteroatoms. The van der Waals surface area contributed by atoms with Crippen molar-refractivity contribution in [3.05, 3.63) is 33.3 Å². The van der Waals surface area contributed by atoms with Crippen LogP contribution in [0.5, 0.6) is 0 Å². The van der Waals surface area contributed by atoms with Crippen molar-refractivity contribution in [1.82, 2.24) is 0 Å². The summed E-state index contributed by atoms with van der Waals surface area (Å²) < 4.78 is 0. The van der Waals surface area contributed by atoms with Crippen LogP contribution in [0.25, 0.3) is 0 Å². The minimum absolute atomic E-state index is 0.0340. The molecule has 1 aliphatic rings. The number of hydrogen-bond acceptors (Lipinski definition) is 3. The Bertz CT molecular complexity index is 458. The molecule has 0 N–H and O–H groups in total. The normalized spacial score (nSPS) is 14.9. The van der Waals surface area contributed by atoms with Gasteiger partial charge in [0.1, 0.15) is 10.7 Å². The highest BCUT2D eigenvalue weighted by atomic mass is 35.5. The molecule has 0 heterocycles. The van der Waals surface area contributed by atoms with Crippen molar-refractivity contribution < 1.29 is 4.92 Å². The Morgan fingerprint density at radius 1 is 1.50 bits per heavy atom. The van der Waals surface area contributed by atoms with Crippen molar-refractivity contribution in [2.24, 2.45) is 5.92 Å². The van der Waals surface area contributed by atoms with E-state index in [1.165, 1.54) is 0 Å². The third kappa shape index (κ3) is 2.75. The predicted molar refractivity (Wildman–Crippen MR) is 73.3 cm³/mol. The van der Waals surface area contributed by atoms with E-state index in [-0.39, 0.29) is 15.6 Å². The summed E-state index contributed by atoms with van der Waals surface area (Å²) >= 11 is 5.96. The Kier molecular flexibility index (Phi) is 3.76. The lowest BCUT2D eigenvalue weighted by molar-refractivity contribution is -0.384. The largest absolute Gasteiger partial charge is 0.363 e. The van der Waals surface area contributed by atoms with E-state index in [9.17, 15) is 10.1 Å². The summed E-state index contributed by atoms with van der Waals surface area (Å²) in [6.45, 7) is 5.06. The van der Waals surface area contributed by atoms with Crippen molar-refractivity contribution in [3.63, 3.8) is 0 Å². The average molecular weight is 269 g/mol. The number of anilines is 1. The van der Waals surface area contributed by atoms with Crippen LogP contribution in [0, 0.1) is 16.0 Å². The lowest BCUT2D eigenvalue weighted by Gasteiger charge is -2.26. The quantitative estimate of drug-likeness (QED) is 0.601. The lowest BCUT2D eigenvalue weighted by Crippen LogP contribution is -2.30. The van der Waals surface area contributed by atoms with Crippen LogP contribution in [0.2, 0.25) is 5.02 Å². The molecule has 98 valence electrons. The molecule has 1 aliphatic carbocycles. The van der Waals surface area contributed by atoms with Gasteiger partial charge < -0.3 is 4.90 Å². The van der Waals surface area contributed by atoms with E-state index in [4.69, 9.17) is 11.6 Å². The van der Waals surface area contributed by atoms with Gasteiger partial charge >= 0.3 is 5.69 Å². The fourth-order valence-electron chi connectivity index (χ4n) is 2.14. The van der Waals surface area contributed by atoms with Crippen molar-refractivity contribution >= 4 is 23.0 Å². The minimum atomic E-state index is -0.382. The minimum Gasteiger partial charge on any atom is -0.363 e. The van der Waals surface area contributed by atoms with Crippen LogP contribution in [0.4, 0.5) is 11.4 Å². The number of nitro groups is 1. The van der Waals surface area contributed by atoms with Crippen LogP contribution < -0.4 is 4.90 Å². The van der Waals surface area contributed by atoms with Gasteiger partial charge in [-0.1, -0.05) is 31.5 Å². The summed E-state index contributed by atoms with van der Waals surface area (Å²) in [5, 5.41) is 11.4. The fraction of sp³-hybridized carbons (Fsp3) is 0.538. The number of para-hydroxylation sites is 1. The van der Waals surface area contributed by atoms with Gasteiger partial charge in [0.25, 0.3) is 0 Å². The molecule has 0 unspecified atom stereocenters. The lowest BCUT2D eigenvalue weighted by atomic mass is 10.1. The van der Waals surface area contributed by atoms with Crippen LogP contribution in [0.15, 0.2) is 18.2 Å². The summed E-state index contributed by atoms with van der Waals surface area (Å²) in [6, 6.07) is 5.58. The van der Waals surface area contributed by atoms with Gasteiger partial charge in [0.05, 0.1) is 4.92 Å². The molecule has 4 nitrogen and oxygen atoms in total. The summed E-state index contributed by atoms with van der Waals surface area (Å²) in [5.74, 6) is 0.462. The summed E-state index contributed by atoms with van der Waals surface area (Å²) in [7, 11) is 0. The third-order valence-electron chi connectivity index (χ3n) is 3.01. The van der Waals surface area contributed by atoms with Crippen molar-refractivity contribution in [2.75, 3.05) is 11.4 Å². The zero-order valence-electron chi connectivity index (χ0n) is 10.6. The van der Waals surface area contributed by atoms with Gasteiger partial charge in [-0.15, -0.1) is 0 Å². The van der Waals surface area contributed by atoms with Gasteiger partial charge in [0.2, 0.25) is 0 Å². The van der Waals surface area contributed by atoms with E-state index in [0.717, 1.165) is 19.4 Å². The maximum Gasteiger partial charge on any atom is 0.310 e.